The number of hydrogen-bond acceptors (Lipinski definition) is 3. The monoisotopic (exact) mass is 234 g/mol. The average molecular weight is 234 g/mol. The Morgan fingerprint density at radius 2 is 2.18 bits per heavy atom. The summed E-state index contributed by atoms with van der Waals surface area (Å²) in [6, 6.07) is 8.92. The molecule has 1 aliphatic heterocycles. The average Bonchev–Trinajstić information content (AvgIpc) is 2.33. The standard InChI is InChI=1S/C12H14N2O3/c15-11(8-9-4-2-1-3-5-9)13-10-6-7-17-14-12(10)16/h1-5,10H,6-8H2,(H,13,15)(H,14,16). The van der Waals surface area contributed by atoms with E-state index in [1.165, 1.54) is 0 Å². The van der Waals surface area contributed by atoms with Gasteiger partial charge in [-0.1, -0.05) is 30.3 Å². The third-order valence-electron chi connectivity index (χ3n) is 2.54. The lowest BCUT2D eigenvalue weighted by atomic mass is 10.1. The number of hydrogen-bond donors (Lipinski definition) is 2. The second-order valence-electron chi connectivity index (χ2n) is 3.89. The maximum atomic E-state index is 11.7. The van der Waals surface area contributed by atoms with Crippen LogP contribution in [0.1, 0.15) is 12.0 Å². The van der Waals surface area contributed by atoms with Gasteiger partial charge in [0.2, 0.25) is 5.91 Å². The van der Waals surface area contributed by atoms with Gasteiger partial charge in [0.1, 0.15) is 6.04 Å². The van der Waals surface area contributed by atoms with E-state index in [0.29, 0.717) is 13.0 Å². The summed E-state index contributed by atoms with van der Waals surface area (Å²) < 4.78 is 0. The molecule has 1 unspecified atom stereocenters. The normalized spacial score (nSPS) is 19.5. The molecule has 5 nitrogen and oxygen atoms in total. The molecule has 0 saturated carbocycles. The van der Waals surface area contributed by atoms with Gasteiger partial charge in [0, 0.05) is 6.42 Å². The van der Waals surface area contributed by atoms with Gasteiger partial charge in [-0.2, -0.15) is 0 Å². The lowest BCUT2D eigenvalue weighted by molar-refractivity contribution is -0.144. The number of benzene rings is 1. The smallest absolute Gasteiger partial charge is 0.266 e. The fourth-order valence-electron chi connectivity index (χ4n) is 1.67. The Hall–Kier alpha value is -1.88. The number of carbonyl (C=O) groups is 2. The molecule has 1 saturated heterocycles. The van der Waals surface area contributed by atoms with E-state index in [4.69, 9.17) is 4.84 Å². The molecular weight excluding hydrogens is 220 g/mol. The Kier molecular flexibility index (Phi) is 3.72. The summed E-state index contributed by atoms with van der Waals surface area (Å²) in [5.41, 5.74) is 3.18. The van der Waals surface area contributed by atoms with E-state index < -0.39 is 6.04 Å². The molecule has 17 heavy (non-hydrogen) atoms. The fraction of sp³-hybridized carbons (Fsp3) is 0.333. The van der Waals surface area contributed by atoms with Crippen LogP contribution in [0.3, 0.4) is 0 Å². The summed E-state index contributed by atoms with van der Waals surface area (Å²) in [7, 11) is 0. The number of amides is 2. The van der Waals surface area contributed by atoms with Crippen molar-refractivity contribution in [1.82, 2.24) is 10.8 Å². The van der Waals surface area contributed by atoms with Crippen molar-refractivity contribution in [2.75, 3.05) is 6.61 Å². The predicted molar refractivity (Wildman–Crippen MR) is 60.8 cm³/mol. The molecule has 1 aromatic carbocycles. The van der Waals surface area contributed by atoms with Gasteiger partial charge in [-0.25, -0.2) is 5.48 Å². The zero-order chi connectivity index (χ0) is 12.1. The van der Waals surface area contributed by atoms with Gasteiger partial charge in [-0.05, 0) is 5.56 Å². The van der Waals surface area contributed by atoms with Crippen LogP contribution in [0.15, 0.2) is 30.3 Å². The lowest BCUT2D eigenvalue weighted by Gasteiger charge is -2.22. The Bertz CT molecular complexity index is 405. The molecule has 1 atom stereocenters. The maximum absolute atomic E-state index is 11.7. The van der Waals surface area contributed by atoms with E-state index >= 15 is 0 Å². The van der Waals surface area contributed by atoms with Crippen molar-refractivity contribution in [3.63, 3.8) is 0 Å². The van der Waals surface area contributed by atoms with Gasteiger partial charge >= 0.3 is 0 Å². The molecule has 2 rings (SSSR count). The van der Waals surface area contributed by atoms with E-state index in [-0.39, 0.29) is 18.2 Å². The molecule has 1 fully saturated rings. The minimum atomic E-state index is -0.486. The topological polar surface area (TPSA) is 67.4 Å². The lowest BCUT2D eigenvalue weighted by Crippen LogP contribution is -2.51. The van der Waals surface area contributed by atoms with Crippen LogP contribution in [-0.2, 0) is 20.8 Å². The van der Waals surface area contributed by atoms with Crippen LogP contribution in [0.2, 0.25) is 0 Å². The highest BCUT2D eigenvalue weighted by Gasteiger charge is 2.24. The van der Waals surface area contributed by atoms with E-state index in [9.17, 15) is 9.59 Å². The van der Waals surface area contributed by atoms with Gasteiger partial charge in [0.15, 0.2) is 0 Å². The Labute approximate surface area is 99.1 Å². The van der Waals surface area contributed by atoms with Crippen molar-refractivity contribution in [2.45, 2.75) is 18.9 Å². The Morgan fingerprint density at radius 3 is 2.88 bits per heavy atom. The van der Waals surface area contributed by atoms with Gasteiger partial charge in [-0.15, -0.1) is 0 Å². The van der Waals surface area contributed by atoms with E-state index in [1.807, 2.05) is 30.3 Å². The highest BCUT2D eigenvalue weighted by molar-refractivity contribution is 5.88. The molecule has 1 heterocycles. The summed E-state index contributed by atoms with van der Waals surface area (Å²) in [6.45, 7) is 0.419. The van der Waals surface area contributed by atoms with E-state index in [0.717, 1.165) is 5.56 Å². The van der Waals surface area contributed by atoms with Crippen LogP contribution < -0.4 is 10.8 Å². The minimum Gasteiger partial charge on any atom is -0.344 e. The summed E-state index contributed by atoms with van der Waals surface area (Å²) in [5, 5.41) is 2.69. The predicted octanol–water partition coefficient (Wildman–Crippen LogP) is 0.165. The molecule has 90 valence electrons. The Balaban J connectivity index is 1.87. The highest BCUT2D eigenvalue weighted by atomic mass is 16.7. The van der Waals surface area contributed by atoms with Crippen molar-refractivity contribution >= 4 is 11.8 Å². The summed E-state index contributed by atoms with van der Waals surface area (Å²) >= 11 is 0. The van der Waals surface area contributed by atoms with Gasteiger partial charge < -0.3 is 5.32 Å². The Morgan fingerprint density at radius 1 is 1.41 bits per heavy atom. The molecule has 1 aromatic rings. The van der Waals surface area contributed by atoms with Gasteiger partial charge in [-0.3, -0.25) is 14.4 Å². The molecule has 0 aliphatic carbocycles. The van der Waals surface area contributed by atoms with Crippen molar-refractivity contribution in [2.24, 2.45) is 0 Å². The second kappa shape index (κ2) is 5.45. The van der Waals surface area contributed by atoms with Crippen LogP contribution in [0, 0.1) is 0 Å². The summed E-state index contributed by atoms with van der Waals surface area (Å²) in [4.78, 5) is 27.8. The summed E-state index contributed by atoms with van der Waals surface area (Å²) in [6.07, 6.45) is 0.790. The van der Waals surface area contributed by atoms with Crippen molar-refractivity contribution in [3.8, 4) is 0 Å². The molecule has 0 spiro atoms. The largest absolute Gasteiger partial charge is 0.344 e. The zero-order valence-electron chi connectivity index (χ0n) is 9.31. The van der Waals surface area contributed by atoms with Crippen molar-refractivity contribution in [3.05, 3.63) is 35.9 Å². The summed E-state index contributed by atoms with van der Waals surface area (Å²) in [5.74, 6) is -0.448. The van der Waals surface area contributed by atoms with Crippen molar-refractivity contribution < 1.29 is 14.4 Å². The van der Waals surface area contributed by atoms with Crippen LogP contribution in [0.25, 0.3) is 0 Å². The number of nitrogens with one attached hydrogen (secondary N) is 2. The van der Waals surface area contributed by atoms with Crippen LogP contribution in [-0.4, -0.2) is 24.5 Å². The van der Waals surface area contributed by atoms with Crippen LogP contribution in [0.5, 0.6) is 0 Å². The first-order valence-electron chi connectivity index (χ1n) is 5.50. The minimum absolute atomic E-state index is 0.154. The molecule has 5 heteroatoms. The third-order valence-corrected chi connectivity index (χ3v) is 2.54. The number of hydroxylamine groups is 1. The van der Waals surface area contributed by atoms with Gasteiger partial charge in [0.25, 0.3) is 5.91 Å². The molecule has 0 radical (unpaired) electrons. The number of rotatable bonds is 3. The van der Waals surface area contributed by atoms with Gasteiger partial charge in [0.05, 0.1) is 13.0 Å². The molecular formula is C12H14N2O3. The van der Waals surface area contributed by atoms with Crippen LogP contribution in [0.4, 0.5) is 0 Å². The molecule has 0 aromatic heterocycles. The zero-order valence-corrected chi connectivity index (χ0v) is 9.31. The maximum Gasteiger partial charge on any atom is 0.266 e. The first kappa shape index (κ1) is 11.6. The van der Waals surface area contributed by atoms with Crippen LogP contribution >= 0.6 is 0 Å². The first-order valence-corrected chi connectivity index (χ1v) is 5.50. The molecule has 0 bridgehead atoms. The molecule has 2 N–H and O–H groups in total. The van der Waals surface area contributed by atoms with E-state index in [1.54, 1.807) is 0 Å². The molecule has 1 aliphatic rings. The second-order valence-corrected chi connectivity index (χ2v) is 3.89. The third kappa shape index (κ3) is 3.29. The highest BCUT2D eigenvalue weighted by Crippen LogP contribution is 2.02. The first-order chi connectivity index (χ1) is 8.25. The SMILES string of the molecule is O=C(Cc1ccccc1)NC1CCONC1=O. The number of carbonyl (C=O) groups excluding carboxylic acids is 2. The quantitative estimate of drug-likeness (QED) is 0.783. The van der Waals surface area contributed by atoms with E-state index in [2.05, 4.69) is 10.8 Å². The fourth-order valence-corrected chi connectivity index (χ4v) is 1.67. The molecule has 2 amide bonds. The van der Waals surface area contributed by atoms with Crippen molar-refractivity contribution in [1.29, 1.82) is 0 Å².